The molecule has 5 nitrogen and oxygen atoms in total. The van der Waals surface area contributed by atoms with Gasteiger partial charge in [-0.05, 0) is 63.6 Å². The Hall–Kier alpha value is -2.56. The van der Waals surface area contributed by atoms with Crippen molar-refractivity contribution >= 4 is 11.9 Å². The van der Waals surface area contributed by atoms with Crippen LogP contribution in [-0.2, 0) is 9.53 Å². The molecule has 1 aromatic heterocycles. The summed E-state index contributed by atoms with van der Waals surface area (Å²) in [5.74, 6) is -0.768. The highest BCUT2D eigenvalue weighted by Gasteiger charge is 2.12. The summed E-state index contributed by atoms with van der Waals surface area (Å²) in [5, 5.41) is 2.81. The Kier molecular flexibility index (Phi) is 6.39. The van der Waals surface area contributed by atoms with Gasteiger partial charge >= 0.3 is 5.97 Å². The Morgan fingerprint density at radius 1 is 1.08 bits per heavy atom. The molecule has 0 saturated heterocycles. The summed E-state index contributed by atoms with van der Waals surface area (Å²) in [4.78, 5) is 23.8. The maximum absolute atomic E-state index is 12.1. The molecule has 1 aromatic carbocycles. The molecule has 0 fully saturated rings. The lowest BCUT2D eigenvalue weighted by atomic mass is 10.2. The van der Waals surface area contributed by atoms with Crippen LogP contribution in [0.15, 0.2) is 36.4 Å². The van der Waals surface area contributed by atoms with Crippen LogP contribution in [0.2, 0.25) is 0 Å². The number of aryl methyl sites for hydroxylation is 2. The van der Waals surface area contributed by atoms with Crippen molar-refractivity contribution in [1.29, 1.82) is 0 Å². The fourth-order valence-corrected chi connectivity index (χ4v) is 2.86. The van der Waals surface area contributed by atoms with Crippen LogP contribution in [0.25, 0.3) is 5.69 Å². The zero-order chi connectivity index (χ0) is 18.4. The van der Waals surface area contributed by atoms with E-state index in [0.717, 1.165) is 29.9 Å². The number of ether oxygens (including phenoxy) is 1. The average molecular weight is 342 g/mol. The van der Waals surface area contributed by atoms with E-state index in [4.69, 9.17) is 4.74 Å². The topological polar surface area (TPSA) is 60.3 Å². The van der Waals surface area contributed by atoms with E-state index in [0.29, 0.717) is 5.56 Å². The van der Waals surface area contributed by atoms with Gasteiger partial charge in [0, 0.05) is 23.1 Å². The van der Waals surface area contributed by atoms with Crippen LogP contribution in [0.5, 0.6) is 0 Å². The molecule has 1 unspecified atom stereocenters. The van der Waals surface area contributed by atoms with Crippen molar-refractivity contribution in [2.45, 2.75) is 46.6 Å². The third-order valence-corrected chi connectivity index (χ3v) is 4.10. The number of esters is 1. The molecule has 0 radical (unpaired) electrons. The van der Waals surface area contributed by atoms with Gasteiger partial charge in [-0.2, -0.15) is 0 Å². The Labute approximate surface area is 149 Å². The van der Waals surface area contributed by atoms with Crippen molar-refractivity contribution in [2.24, 2.45) is 0 Å². The van der Waals surface area contributed by atoms with Crippen LogP contribution < -0.4 is 5.32 Å². The zero-order valence-electron chi connectivity index (χ0n) is 15.3. The summed E-state index contributed by atoms with van der Waals surface area (Å²) < 4.78 is 7.20. The number of rotatable bonds is 7. The first-order chi connectivity index (χ1) is 11.9. The van der Waals surface area contributed by atoms with E-state index >= 15 is 0 Å². The van der Waals surface area contributed by atoms with Gasteiger partial charge in [0.15, 0.2) is 6.61 Å². The number of nitrogens with zero attached hydrogens (tertiary/aromatic N) is 1. The minimum absolute atomic E-state index is 0.0866. The minimum atomic E-state index is -0.495. The fraction of sp³-hybridized carbons (Fsp3) is 0.400. The van der Waals surface area contributed by atoms with Gasteiger partial charge in [-0.25, -0.2) is 4.79 Å². The predicted octanol–water partition coefficient (Wildman–Crippen LogP) is 3.56. The van der Waals surface area contributed by atoms with E-state index in [1.165, 1.54) is 0 Å². The lowest BCUT2D eigenvalue weighted by Crippen LogP contribution is -2.35. The standard InChI is InChI=1S/C20H26N2O3/c1-5-6-14(2)21-19(23)13-25-20(24)17-9-11-18(12-10-17)22-15(3)7-8-16(22)4/h7-12,14H,5-6,13H2,1-4H3,(H,21,23). The molecule has 1 amide bonds. The van der Waals surface area contributed by atoms with E-state index in [2.05, 4.69) is 28.9 Å². The lowest BCUT2D eigenvalue weighted by Gasteiger charge is -2.13. The molecule has 0 spiro atoms. The van der Waals surface area contributed by atoms with Crippen molar-refractivity contribution < 1.29 is 14.3 Å². The number of carbonyl (C=O) groups excluding carboxylic acids is 2. The fourth-order valence-electron chi connectivity index (χ4n) is 2.86. The molecule has 2 aromatic rings. The monoisotopic (exact) mass is 342 g/mol. The molecule has 2 rings (SSSR count). The minimum Gasteiger partial charge on any atom is -0.452 e. The molecule has 1 heterocycles. The normalized spacial score (nSPS) is 11.8. The molecule has 0 aliphatic carbocycles. The van der Waals surface area contributed by atoms with Crippen LogP contribution in [-0.4, -0.2) is 29.1 Å². The van der Waals surface area contributed by atoms with E-state index < -0.39 is 5.97 Å². The van der Waals surface area contributed by atoms with Gasteiger partial charge in [0.25, 0.3) is 5.91 Å². The second kappa shape index (κ2) is 8.51. The summed E-state index contributed by atoms with van der Waals surface area (Å²) in [6.07, 6.45) is 1.90. The summed E-state index contributed by atoms with van der Waals surface area (Å²) in [5.41, 5.74) is 3.68. The summed E-state index contributed by atoms with van der Waals surface area (Å²) in [7, 11) is 0. The van der Waals surface area contributed by atoms with Gasteiger partial charge in [0.1, 0.15) is 0 Å². The number of benzene rings is 1. The number of hydrogen-bond acceptors (Lipinski definition) is 3. The molecule has 0 aliphatic rings. The molecule has 0 aliphatic heterocycles. The Morgan fingerprint density at radius 3 is 2.24 bits per heavy atom. The Morgan fingerprint density at radius 2 is 1.68 bits per heavy atom. The summed E-state index contributed by atoms with van der Waals surface area (Å²) in [6.45, 7) is 7.81. The highest BCUT2D eigenvalue weighted by molar-refractivity contribution is 5.91. The predicted molar refractivity (Wildman–Crippen MR) is 98.0 cm³/mol. The van der Waals surface area contributed by atoms with Gasteiger partial charge in [0.2, 0.25) is 0 Å². The van der Waals surface area contributed by atoms with Crippen LogP contribution in [0.3, 0.4) is 0 Å². The summed E-state index contributed by atoms with van der Waals surface area (Å²) in [6, 6.07) is 11.4. The van der Waals surface area contributed by atoms with E-state index in [9.17, 15) is 9.59 Å². The second-order valence-electron chi connectivity index (χ2n) is 6.33. The number of nitrogens with one attached hydrogen (secondary N) is 1. The third-order valence-electron chi connectivity index (χ3n) is 4.10. The van der Waals surface area contributed by atoms with Crippen molar-refractivity contribution in [2.75, 3.05) is 6.61 Å². The Bertz CT molecular complexity index is 712. The van der Waals surface area contributed by atoms with E-state index in [-0.39, 0.29) is 18.6 Å². The molecule has 1 atom stereocenters. The smallest absolute Gasteiger partial charge is 0.338 e. The molecule has 25 heavy (non-hydrogen) atoms. The number of carbonyl (C=O) groups is 2. The highest BCUT2D eigenvalue weighted by Crippen LogP contribution is 2.17. The third kappa shape index (κ3) is 4.95. The first-order valence-corrected chi connectivity index (χ1v) is 8.64. The lowest BCUT2D eigenvalue weighted by molar-refractivity contribution is -0.124. The molecule has 134 valence electrons. The highest BCUT2D eigenvalue weighted by atomic mass is 16.5. The number of amides is 1. The largest absolute Gasteiger partial charge is 0.452 e. The van der Waals surface area contributed by atoms with Crippen molar-refractivity contribution in [3.05, 3.63) is 53.3 Å². The SMILES string of the molecule is CCCC(C)NC(=O)COC(=O)c1ccc(-n2c(C)ccc2C)cc1. The maximum Gasteiger partial charge on any atom is 0.338 e. The van der Waals surface area contributed by atoms with Crippen molar-refractivity contribution in [1.82, 2.24) is 9.88 Å². The molecular formula is C20H26N2O3. The molecule has 0 bridgehead atoms. The average Bonchev–Trinajstić information content (AvgIpc) is 2.91. The first-order valence-electron chi connectivity index (χ1n) is 8.64. The quantitative estimate of drug-likeness (QED) is 0.783. The van der Waals surface area contributed by atoms with Crippen molar-refractivity contribution in [3.8, 4) is 5.69 Å². The Balaban J connectivity index is 1.94. The zero-order valence-corrected chi connectivity index (χ0v) is 15.3. The van der Waals surface area contributed by atoms with Gasteiger partial charge < -0.3 is 14.6 Å². The molecular weight excluding hydrogens is 316 g/mol. The van der Waals surface area contributed by atoms with Gasteiger partial charge in [0.05, 0.1) is 5.56 Å². The van der Waals surface area contributed by atoms with Gasteiger partial charge in [-0.15, -0.1) is 0 Å². The molecule has 0 saturated carbocycles. The van der Waals surface area contributed by atoms with Crippen LogP contribution in [0, 0.1) is 13.8 Å². The first kappa shape index (κ1) is 18.8. The van der Waals surface area contributed by atoms with Gasteiger partial charge in [-0.3, -0.25) is 4.79 Å². The number of hydrogen-bond donors (Lipinski definition) is 1. The molecule has 5 heteroatoms. The van der Waals surface area contributed by atoms with Crippen LogP contribution in [0.1, 0.15) is 48.4 Å². The molecule has 1 N–H and O–H groups in total. The van der Waals surface area contributed by atoms with E-state index in [1.807, 2.05) is 32.9 Å². The summed E-state index contributed by atoms with van der Waals surface area (Å²) >= 11 is 0. The maximum atomic E-state index is 12.1. The second-order valence-corrected chi connectivity index (χ2v) is 6.33. The van der Waals surface area contributed by atoms with Crippen LogP contribution in [0.4, 0.5) is 0 Å². The van der Waals surface area contributed by atoms with Crippen molar-refractivity contribution in [3.63, 3.8) is 0 Å². The van der Waals surface area contributed by atoms with Gasteiger partial charge in [-0.1, -0.05) is 13.3 Å². The van der Waals surface area contributed by atoms with E-state index in [1.54, 1.807) is 12.1 Å². The van der Waals surface area contributed by atoms with Crippen LogP contribution >= 0.6 is 0 Å². The number of aromatic nitrogens is 1.